The number of anilines is 2. The van der Waals surface area contributed by atoms with Crippen LogP contribution in [0.5, 0.6) is 0 Å². The van der Waals surface area contributed by atoms with E-state index < -0.39 is 0 Å². The molecule has 2 aromatic rings. The summed E-state index contributed by atoms with van der Waals surface area (Å²) in [5, 5.41) is 3.08. The van der Waals surface area contributed by atoms with Gasteiger partial charge < -0.3 is 11.1 Å². The van der Waals surface area contributed by atoms with Crippen LogP contribution in [-0.2, 0) is 4.79 Å². The van der Waals surface area contributed by atoms with Gasteiger partial charge in [-0.25, -0.2) is 0 Å². The summed E-state index contributed by atoms with van der Waals surface area (Å²) < 4.78 is 0. The Bertz CT molecular complexity index is 737. The molecular formula is C22H30N2O. The number of amides is 1. The van der Waals surface area contributed by atoms with Gasteiger partial charge in [0.1, 0.15) is 0 Å². The third-order valence-electron chi connectivity index (χ3n) is 4.78. The van der Waals surface area contributed by atoms with Crippen molar-refractivity contribution in [2.24, 2.45) is 5.92 Å². The second-order valence-electron chi connectivity index (χ2n) is 6.99. The number of nitrogens with one attached hydrogen (secondary N) is 1. The van der Waals surface area contributed by atoms with Crippen molar-refractivity contribution in [1.29, 1.82) is 0 Å². The Kier molecular flexibility index (Phi) is 6.63. The quantitative estimate of drug-likeness (QED) is 0.502. The Hall–Kier alpha value is -2.29. The van der Waals surface area contributed by atoms with Gasteiger partial charge in [0, 0.05) is 17.3 Å². The first kappa shape index (κ1) is 19.0. The highest BCUT2D eigenvalue weighted by atomic mass is 16.1. The molecule has 1 amide bonds. The summed E-state index contributed by atoms with van der Waals surface area (Å²) in [6.07, 6.45) is 4.42. The number of nitrogen functional groups attached to an aromatic ring is 1. The van der Waals surface area contributed by atoms with Crippen molar-refractivity contribution in [3.05, 3.63) is 47.5 Å². The van der Waals surface area contributed by atoms with Gasteiger partial charge >= 0.3 is 0 Å². The Morgan fingerprint density at radius 3 is 2.28 bits per heavy atom. The number of benzene rings is 2. The Labute approximate surface area is 151 Å². The molecule has 0 aliphatic rings. The van der Waals surface area contributed by atoms with Crippen molar-refractivity contribution >= 4 is 17.3 Å². The van der Waals surface area contributed by atoms with Crippen LogP contribution in [0.1, 0.15) is 50.7 Å². The number of hydrogen-bond donors (Lipinski definition) is 2. The van der Waals surface area contributed by atoms with E-state index in [0.29, 0.717) is 0 Å². The highest BCUT2D eigenvalue weighted by molar-refractivity contribution is 5.93. The zero-order valence-corrected chi connectivity index (χ0v) is 15.9. The normalized spacial score (nSPS) is 12.0. The second kappa shape index (κ2) is 8.70. The fourth-order valence-corrected chi connectivity index (χ4v) is 2.93. The molecule has 0 aromatic heterocycles. The minimum absolute atomic E-state index is 0.0466. The van der Waals surface area contributed by atoms with Crippen molar-refractivity contribution in [3.63, 3.8) is 0 Å². The average molecular weight is 338 g/mol. The Morgan fingerprint density at radius 1 is 1.04 bits per heavy atom. The lowest BCUT2D eigenvalue weighted by molar-refractivity contribution is -0.119. The number of carbonyl (C=O) groups excluding carboxylic acids is 1. The standard InChI is InChI=1S/C22H30N2O/c1-5-6-7-8-15(2)22(25)24-21-12-10-19(14-17(21)4)18-9-11-20(23)16(3)13-18/h9-15H,5-8,23H2,1-4H3,(H,24,25)/t15-/m1/s1. The van der Waals surface area contributed by atoms with Gasteiger partial charge in [-0.3, -0.25) is 4.79 Å². The van der Waals surface area contributed by atoms with E-state index in [2.05, 4.69) is 30.4 Å². The highest BCUT2D eigenvalue weighted by Crippen LogP contribution is 2.27. The minimum atomic E-state index is 0.0466. The molecule has 2 rings (SSSR count). The summed E-state index contributed by atoms with van der Waals surface area (Å²) in [4.78, 5) is 12.4. The van der Waals surface area contributed by atoms with Gasteiger partial charge in [0.25, 0.3) is 0 Å². The molecule has 0 unspecified atom stereocenters. The maximum Gasteiger partial charge on any atom is 0.227 e. The second-order valence-corrected chi connectivity index (χ2v) is 6.99. The molecule has 0 saturated heterocycles. The summed E-state index contributed by atoms with van der Waals surface area (Å²) >= 11 is 0. The van der Waals surface area contributed by atoms with E-state index in [1.165, 1.54) is 12.8 Å². The van der Waals surface area contributed by atoms with E-state index in [1.54, 1.807) is 0 Å². The third-order valence-corrected chi connectivity index (χ3v) is 4.78. The topological polar surface area (TPSA) is 55.1 Å². The molecule has 0 radical (unpaired) electrons. The number of nitrogens with two attached hydrogens (primary N) is 1. The molecule has 3 nitrogen and oxygen atoms in total. The number of hydrogen-bond acceptors (Lipinski definition) is 2. The van der Waals surface area contributed by atoms with Crippen molar-refractivity contribution < 1.29 is 4.79 Å². The van der Waals surface area contributed by atoms with Crippen molar-refractivity contribution in [3.8, 4) is 11.1 Å². The zero-order valence-electron chi connectivity index (χ0n) is 15.9. The summed E-state index contributed by atoms with van der Waals surface area (Å²) in [7, 11) is 0. The summed E-state index contributed by atoms with van der Waals surface area (Å²) in [5.41, 5.74) is 12.0. The van der Waals surface area contributed by atoms with Crippen LogP contribution in [0.25, 0.3) is 11.1 Å². The first-order valence-corrected chi connectivity index (χ1v) is 9.20. The van der Waals surface area contributed by atoms with Crippen LogP contribution in [0, 0.1) is 19.8 Å². The predicted molar refractivity (Wildman–Crippen MR) is 108 cm³/mol. The number of rotatable bonds is 7. The summed E-state index contributed by atoms with van der Waals surface area (Å²) in [6, 6.07) is 12.2. The van der Waals surface area contributed by atoms with Crippen molar-refractivity contribution in [1.82, 2.24) is 0 Å². The maximum atomic E-state index is 12.4. The lowest BCUT2D eigenvalue weighted by atomic mass is 9.99. The smallest absolute Gasteiger partial charge is 0.227 e. The first-order chi connectivity index (χ1) is 11.9. The number of aryl methyl sites for hydroxylation is 2. The van der Waals surface area contributed by atoms with Gasteiger partial charge in [-0.15, -0.1) is 0 Å². The van der Waals surface area contributed by atoms with Gasteiger partial charge in [-0.1, -0.05) is 45.2 Å². The molecule has 0 bridgehead atoms. The van der Waals surface area contributed by atoms with E-state index in [0.717, 1.165) is 46.5 Å². The lowest BCUT2D eigenvalue weighted by Crippen LogP contribution is -2.20. The van der Waals surface area contributed by atoms with Crippen molar-refractivity contribution in [2.75, 3.05) is 11.1 Å². The van der Waals surface area contributed by atoms with E-state index in [-0.39, 0.29) is 11.8 Å². The molecule has 0 saturated carbocycles. The molecule has 0 heterocycles. The third kappa shape index (κ3) is 5.09. The molecule has 25 heavy (non-hydrogen) atoms. The van der Waals surface area contributed by atoms with Crippen LogP contribution in [0.4, 0.5) is 11.4 Å². The van der Waals surface area contributed by atoms with Gasteiger partial charge in [-0.2, -0.15) is 0 Å². The lowest BCUT2D eigenvalue weighted by Gasteiger charge is -2.15. The molecule has 1 atom stereocenters. The molecule has 0 spiro atoms. The van der Waals surface area contributed by atoms with Gasteiger partial charge in [0.05, 0.1) is 0 Å². The van der Waals surface area contributed by atoms with Crippen LogP contribution >= 0.6 is 0 Å². The van der Waals surface area contributed by atoms with E-state index in [9.17, 15) is 4.79 Å². The molecule has 3 heteroatoms. The molecule has 0 aliphatic carbocycles. The Balaban J connectivity index is 2.08. The van der Waals surface area contributed by atoms with Crippen LogP contribution in [-0.4, -0.2) is 5.91 Å². The summed E-state index contributed by atoms with van der Waals surface area (Å²) in [6.45, 7) is 8.23. The minimum Gasteiger partial charge on any atom is -0.399 e. The number of carbonyl (C=O) groups is 1. The van der Waals surface area contributed by atoms with Crippen LogP contribution in [0.2, 0.25) is 0 Å². The molecule has 0 fully saturated rings. The monoisotopic (exact) mass is 338 g/mol. The van der Waals surface area contributed by atoms with Crippen molar-refractivity contribution in [2.45, 2.75) is 53.4 Å². The largest absolute Gasteiger partial charge is 0.399 e. The van der Waals surface area contributed by atoms with Crippen LogP contribution in [0.3, 0.4) is 0 Å². The van der Waals surface area contributed by atoms with Crippen LogP contribution in [0.15, 0.2) is 36.4 Å². The fourth-order valence-electron chi connectivity index (χ4n) is 2.93. The first-order valence-electron chi connectivity index (χ1n) is 9.20. The van der Waals surface area contributed by atoms with E-state index in [1.807, 2.05) is 39.0 Å². The van der Waals surface area contributed by atoms with Gasteiger partial charge in [0.2, 0.25) is 5.91 Å². The highest BCUT2D eigenvalue weighted by Gasteiger charge is 2.14. The maximum absolute atomic E-state index is 12.4. The van der Waals surface area contributed by atoms with Gasteiger partial charge in [0.15, 0.2) is 0 Å². The zero-order chi connectivity index (χ0) is 18.4. The average Bonchev–Trinajstić information content (AvgIpc) is 2.59. The van der Waals surface area contributed by atoms with E-state index >= 15 is 0 Å². The SMILES string of the molecule is CCCCC[C@@H](C)C(=O)Nc1ccc(-c2ccc(N)c(C)c2)cc1C. The molecule has 134 valence electrons. The fraction of sp³-hybridized carbons (Fsp3) is 0.409. The predicted octanol–water partition coefficient (Wildman–Crippen LogP) is 5.71. The van der Waals surface area contributed by atoms with Gasteiger partial charge in [-0.05, 0) is 66.8 Å². The Morgan fingerprint density at radius 2 is 1.68 bits per heavy atom. The molecular weight excluding hydrogens is 308 g/mol. The van der Waals surface area contributed by atoms with Crippen LogP contribution < -0.4 is 11.1 Å². The number of unbranched alkanes of at least 4 members (excludes halogenated alkanes) is 2. The molecule has 2 aromatic carbocycles. The molecule has 3 N–H and O–H groups in total. The summed E-state index contributed by atoms with van der Waals surface area (Å²) in [5.74, 6) is 0.153. The van der Waals surface area contributed by atoms with E-state index in [4.69, 9.17) is 5.73 Å². The molecule has 0 aliphatic heterocycles.